The molecule has 0 saturated carbocycles. The van der Waals surface area contributed by atoms with Crippen molar-refractivity contribution in [2.45, 2.75) is 24.3 Å². The van der Waals surface area contributed by atoms with Crippen LogP contribution in [0.3, 0.4) is 0 Å². The molecule has 0 N–H and O–H groups in total. The van der Waals surface area contributed by atoms with Crippen LogP contribution in [0.4, 0.5) is 0 Å². The average Bonchev–Trinajstić information content (AvgIpc) is 2.86. The van der Waals surface area contributed by atoms with E-state index in [4.69, 9.17) is 0 Å². The van der Waals surface area contributed by atoms with Crippen molar-refractivity contribution in [3.63, 3.8) is 0 Å². The van der Waals surface area contributed by atoms with Crippen molar-refractivity contribution in [1.29, 1.82) is 0 Å². The second-order valence-electron chi connectivity index (χ2n) is 3.99. The minimum absolute atomic E-state index is 0.302. The Kier molecular flexibility index (Phi) is 4.16. The van der Waals surface area contributed by atoms with Crippen molar-refractivity contribution in [1.82, 2.24) is 20.2 Å². The van der Waals surface area contributed by atoms with E-state index in [0.717, 1.165) is 11.3 Å². The van der Waals surface area contributed by atoms with E-state index in [9.17, 15) is 4.79 Å². The Balaban J connectivity index is 2.22. The zero-order valence-corrected chi connectivity index (χ0v) is 11.7. The molecule has 1 atom stereocenters. The van der Waals surface area contributed by atoms with Crippen LogP contribution in [-0.4, -0.2) is 38.5 Å². The van der Waals surface area contributed by atoms with Gasteiger partial charge in [-0.05, 0) is 36.4 Å². The standard InChI is InChI=1S/C12H14N4O2S/c1-8-4-6-10(7-5-8)16-12(13-14-15-16)19-9(2)11(17)18-3/h4-7,9H,1-3H3/t9-/m1/s1. The molecule has 0 radical (unpaired) electrons. The lowest BCUT2D eigenvalue weighted by molar-refractivity contribution is -0.139. The second kappa shape index (κ2) is 5.83. The van der Waals surface area contributed by atoms with E-state index in [2.05, 4.69) is 20.3 Å². The van der Waals surface area contributed by atoms with Crippen LogP contribution in [0.15, 0.2) is 29.4 Å². The number of carbonyl (C=O) groups is 1. The van der Waals surface area contributed by atoms with Gasteiger partial charge in [-0.1, -0.05) is 29.5 Å². The molecule has 100 valence electrons. The van der Waals surface area contributed by atoms with Gasteiger partial charge in [-0.15, -0.1) is 5.10 Å². The number of tetrazole rings is 1. The molecule has 2 aromatic rings. The summed E-state index contributed by atoms with van der Waals surface area (Å²) in [6.07, 6.45) is 0. The third-order valence-electron chi connectivity index (χ3n) is 2.53. The number of nitrogens with zero attached hydrogens (tertiary/aromatic N) is 4. The molecule has 2 rings (SSSR count). The fourth-order valence-corrected chi connectivity index (χ4v) is 2.31. The summed E-state index contributed by atoms with van der Waals surface area (Å²) >= 11 is 1.26. The number of rotatable bonds is 4. The van der Waals surface area contributed by atoms with Crippen LogP contribution >= 0.6 is 11.8 Å². The van der Waals surface area contributed by atoms with Gasteiger partial charge in [0.15, 0.2) is 0 Å². The van der Waals surface area contributed by atoms with Gasteiger partial charge < -0.3 is 4.74 Å². The van der Waals surface area contributed by atoms with Crippen LogP contribution in [0, 0.1) is 6.92 Å². The first-order valence-corrected chi connectivity index (χ1v) is 6.59. The van der Waals surface area contributed by atoms with E-state index in [1.165, 1.54) is 18.9 Å². The van der Waals surface area contributed by atoms with E-state index in [1.54, 1.807) is 11.6 Å². The van der Waals surface area contributed by atoms with Gasteiger partial charge in [0, 0.05) is 0 Å². The number of aromatic nitrogens is 4. The first kappa shape index (κ1) is 13.5. The van der Waals surface area contributed by atoms with E-state index in [0.29, 0.717) is 5.16 Å². The third kappa shape index (κ3) is 3.11. The zero-order valence-electron chi connectivity index (χ0n) is 10.9. The maximum absolute atomic E-state index is 11.4. The molecule has 0 bridgehead atoms. The first-order chi connectivity index (χ1) is 9.11. The highest BCUT2D eigenvalue weighted by Crippen LogP contribution is 2.23. The Morgan fingerprint density at radius 2 is 2.05 bits per heavy atom. The van der Waals surface area contributed by atoms with Crippen molar-refractivity contribution < 1.29 is 9.53 Å². The van der Waals surface area contributed by atoms with Crippen molar-refractivity contribution in [3.8, 4) is 5.69 Å². The summed E-state index contributed by atoms with van der Waals surface area (Å²) in [6.45, 7) is 3.77. The molecular weight excluding hydrogens is 264 g/mol. The summed E-state index contributed by atoms with van der Waals surface area (Å²) in [7, 11) is 1.36. The summed E-state index contributed by atoms with van der Waals surface area (Å²) in [4.78, 5) is 11.4. The average molecular weight is 278 g/mol. The lowest BCUT2D eigenvalue weighted by atomic mass is 10.2. The molecule has 7 heteroatoms. The number of ether oxygens (including phenoxy) is 1. The van der Waals surface area contributed by atoms with Gasteiger partial charge >= 0.3 is 5.97 Å². The van der Waals surface area contributed by atoms with Gasteiger partial charge in [-0.2, -0.15) is 4.68 Å². The molecule has 19 heavy (non-hydrogen) atoms. The molecule has 0 aliphatic rings. The van der Waals surface area contributed by atoms with Gasteiger partial charge in [0.25, 0.3) is 0 Å². The Morgan fingerprint density at radius 1 is 1.37 bits per heavy atom. The highest BCUT2D eigenvalue weighted by atomic mass is 32.2. The molecule has 1 aromatic heterocycles. The lowest BCUT2D eigenvalue weighted by Gasteiger charge is -2.08. The van der Waals surface area contributed by atoms with Crippen LogP contribution in [-0.2, 0) is 9.53 Å². The largest absolute Gasteiger partial charge is 0.468 e. The predicted octanol–water partition coefficient (Wildman–Crippen LogP) is 1.62. The predicted molar refractivity (Wildman–Crippen MR) is 71.2 cm³/mol. The second-order valence-corrected chi connectivity index (χ2v) is 5.30. The molecule has 0 spiro atoms. The smallest absolute Gasteiger partial charge is 0.318 e. The topological polar surface area (TPSA) is 69.9 Å². The van der Waals surface area contributed by atoms with Gasteiger partial charge in [0.05, 0.1) is 12.8 Å². The quantitative estimate of drug-likeness (QED) is 0.625. The van der Waals surface area contributed by atoms with Crippen molar-refractivity contribution >= 4 is 17.7 Å². The molecular formula is C12H14N4O2S. The summed E-state index contributed by atoms with van der Waals surface area (Å²) in [5, 5.41) is 11.7. The van der Waals surface area contributed by atoms with Gasteiger partial charge in [-0.3, -0.25) is 4.79 Å². The van der Waals surface area contributed by atoms with Crippen molar-refractivity contribution in [2.75, 3.05) is 7.11 Å². The molecule has 0 fully saturated rings. The SMILES string of the molecule is COC(=O)[C@@H](C)Sc1nnnn1-c1ccc(C)cc1. The number of esters is 1. The molecule has 1 aromatic carbocycles. The Bertz CT molecular complexity index is 567. The van der Waals surface area contributed by atoms with Crippen molar-refractivity contribution in [2.24, 2.45) is 0 Å². The van der Waals surface area contributed by atoms with Crippen LogP contribution in [0.5, 0.6) is 0 Å². The van der Waals surface area contributed by atoms with Crippen LogP contribution in [0.2, 0.25) is 0 Å². The number of thioether (sulfide) groups is 1. The Morgan fingerprint density at radius 3 is 2.68 bits per heavy atom. The van der Waals surface area contributed by atoms with Crippen LogP contribution < -0.4 is 0 Å². The number of hydrogen-bond acceptors (Lipinski definition) is 6. The van der Waals surface area contributed by atoms with Crippen molar-refractivity contribution in [3.05, 3.63) is 29.8 Å². The van der Waals surface area contributed by atoms with E-state index < -0.39 is 0 Å². The third-order valence-corrected chi connectivity index (χ3v) is 3.55. The normalized spacial score (nSPS) is 12.2. The highest BCUT2D eigenvalue weighted by Gasteiger charge is 2.19. The van der Waals surface area contributed by atoms with Crippen LogP contribution in [0.25, 0.3) is 5.69 Å². The summed E-state index contributed by atoms with van der Waals surface area (Å²) in [6, 6.07) is 7.82. The van der Waals surface area contributed by atoms with Gasteiger partial charge in [-0.25, -0.2) is 0 Å². The minimum atomic E-state index is -0.361. The first-order valence-electron chi connectivity index (χ1n) is 5.71. The summed E-state index contributed by atoms with van der Waals surface area (Å²) in [5.41, 5.74) is 2.02. The van der Waals surface area contributed by atoms with Gasteiger partial charge in [0.2, 0.25) is 5.16 Å². The molecule has 0 saturated heterocycles. The van der Waals surface area contributed by atoms with E-state index >= 15 is 0 Å². The fourth-order valence-electron chi connectivity index (χ4n) is 1.47. The maximum atomic E-state index is 11.4. The van der Waals surface area contributed by atoms with Crippen LogP contribution in [0.1, 0.15) is 12.5 Å². The van der Waals surface area contributed by atoms with E-state index in [1.807, 2.05) is 31.2 Å². The van der Waals surface area contributed by atoms with Gasteiger partial charge in [0.1, 0.15) is 5.25 Å². The number of carbonyl (C=O) groups excluding carboxylic acids is 1. The maximum Gasteiger partial charge on any atom is 0.318 e. The molecule has 0 amide bonds. The highest BCUT2D eigenvalue weighted by molar-refractivity contribution is 8.00. The molecule has 0 aliphatic carbocycles. The molecule has 0 aliphatic heterocycles. The summed E-state index contributed by atoms with van der Waals surface area (Å²) < 4.78 is 6.29. The number of methoxy groups -OCH3 is 1. The molecule has 6 nitrogen and oxygen atoms in total. The molecule has 0 unspecified atom stereocenters. The Hall–Kier alpha value is -1.89. The van der Waals surface area contributed by atoms with E-state index in [-0.39, 0.29) is 11.2 Å². The number of benzene rings is 1. The minimum Gasteiger partial charge on any atom is -0.468 e. The lowest BCUT2D eigenvalue weighted by Crippen LogP contribution is -2.15. The zero-order chi connectivity index (χ0) is 13.8. The monoisotopic (exact) mass is 278 g/mol. The molecule has 1 heterocycles. The number of aryl methyl sites for hydroxylation is 1. The Labute approximate surface area is 115 Å². The number of hydrogen-bond donors (Lipinski definition) is 0. The fraction of sp³-hybridized carbons (Fsp3) is 0.333. The summed E-state index contributed by atoms with van der Waals surface area (Å²) in [5.74, 6) is -0.302.